The molecule has 0 aromatic heterocycles. The predicted molar refractivity (Wildman–Crippen MR) is 102 cm³/mol. The Labute approximate surface area is 156 Å². The van der Waals surface area contributed by atoms with Gasteiger partial charge in [-0.2, -0.15) is 0 Å². The van der Waals surface area contributed by atoms with Gasteiger partial charge in [0.05, 0.1) is 7.11 Å². The van der Waals surface area contributed by atoms with E-state index in [4.69, 9.17) is 4.74 Å². The van der Waals surface area contributed by atoms with Gasteiger partial charge in [-0.05, 0) is 48.3 Å². The number of rotatable bonds is 4. The number of piperidine rings is 1. The summed E-state index contributed by atoms with van der Waals surface area (Å²) in [5.41, 5.74) is 8.42. The van der Waals surface area contributed by atoms with Crippen molar-refractivity contribution in [1.82, 2.24) is 15.8 Å². The number of amides is 1. The van der Waals surface area contributed by atoms with Gasteiger partial charge in [0.15, 0.2) is 0 Å². The van der Waals surface area contributed by atoms with Crippen molar-refractivity contribution in [3.63, 3.8) is 0 Å². The molecule has 2 aliphatic heterocycles. The second-order valence-electron chi connectivity index (χ2n) is 8.84. The highest BCUT2D eigenvalue weighted by Crippen LogP contribution is 2.52. The second-order valence-corrected chi connectivity index (χ2v) is 8.84. The molecule has 2 N–H and O–H groups in total. The molecule has 3 atom stereocenters. The van der Waals surface area contributed by atoms with E-state index in [2.05, 4.69) is 47.8 Å². The molecule has 2 heterocycles. The van der Waals surface area contributed by atoms with Gasteiger partial charge >= 0.3 is 0 Å². The highest BCUT2D eigenvalue weighted by molar-refractivity contribution is 5.82. The monoisotopic (exact) mass is 357 g/mol. The average Bonchev–Trinajstić information content (AvgIpc) is 3.08. The normalized spacial score (nSPS) is 31.0. The van der Waals surface area contributed by atoms with Gasteiger partial charge in [0.25, 0.3) is 0 Å². The van der Waals surface area contributed by atoms with E-state index in [0.717, 1.165) is 44.6 Å². The molecule has 26 heavy (non-hydrogen) atoms. The first kappa shape index (κ1) is 17.8. The first-order valence-corrected chi connectivity index (χ1v) is 9.91. The van der Waals surface area contributed by atoms with Crippen molar-refractivity contribution < 1.29 is 9.53 Å². The number of nitrogens with one attached hydrogen (secondary N) is 2. The smallest absolute Gasteiger partial charge is 0.226 e. The number of carbonyl (C=O) groups excluding carboxylic acids is 1. The molecular weight excluding hydrogens is 326 g/mol. The molecule has 1 saturated carbocycles. The third kappa shape index (κ3) is 3.35. The van der Waals surface area contributed by atoms with Crippen molar-refractivity contribution in [2.24, 2.45) is 17.3 Å². The van der Waals surface area contributed by atoms with E-state index in [1.807, 2.05) is 6.07 Å². The first-order chi connectivity index (χ1) is 12.5. The van der Waals surface area contributed by atoms with Gasteiger partial charge in [0, 0.05) is 37.5 Å². The van der Waals surface area contributed by atoms with Gasteiger partial charge in [0.2, 0.25) is 5.91 Å². The van der Waals surface area contributed by atoms with Crippen molar-refractivity contribution in [1.29, 1.82) is 0 Å². The summed E-state index contributed by atoms with van der Waals surface area (Å²) >= 11 is 0. The first-order valence-electron chi connectivity index (χ1n) is 9.91. The van der Waals surface area contributed by atoms with Gasteiger partial charge < -0.3 is 9.64 Å². The molecule has 1 aromatic rings. The lowest BCUT2D eigenvalue weighted by atomic mass is 9.80. The minimum Gasteiger partial charge on any atom is -0.497 e. The van der Waals surface area contributed by atoms with Crippen LogP contribution in [0.3, 0.4) is 0 Å². The fraction of sp³-hybridized carbons (Fsp3) is 0.667. The van der Waals surface area contributed by atoms with E-state index in [0.29, 0.717) is 23.8 Å². The van der Waals surface area contributed by atoms with E-state index in [1.54, 1.807) is 7.11 Å². The van der Waals surface area contributed by atoms with Crippen molar-refractivity contribution in [2.45, 2.75) is 45.1 Å². The van der Waals surface area contributed by atoms with Crippen molar-refractivity contribution in [3.8, 4) is 5.75 Å². The highest BCUT2D eigenvalue weighted by Gasteiger charge is 2.52. The third-order valence-corrected chi connectivity index (χ3v) is 6.72. The minimum absolute atomic E-state index is 0.225. The number of benzene rings is 1. The number of likely N-dealkylation sites (tertiary alicyclic amines) is 1. The number of methoxy groups -OCH3 is 1. The zero-order chi connectivity index (χ0) is 18.3. The van der Waals surface area contributed by atoms with E-state index in [1.165, 1.54) is 5.56 Å². The fourth-order valence-electron chi connectivity index (χ4n) is 4.75. The summed E-state index contributed by atoms with van der Waals surface area (Å²) in [6.07, 6.45) is 3.22. The molecule has 5 nitrogen and oxygen atoms in total. The van der Waals surface area contributed by atoms with E-state index in [-0.39, 0.29) is 11.3 Å². The number of ether oxygens (including phenoxy) is 1. The van der Waals surface area contributed by atoms with Crippen LogP contribution in [-0.4, -0.2) is 43.6 Å². The zero-order valence-electron chi connectivity index (χ0n) is 16.1. The third-order valence-electron chi connectivity index (χ3n) is 6.72. The van der Waals surface area contributed by atoms with Gasteiger partial charge in [-0.25, -0.2) is 0 Å². The molecule has 3 aliphatic rings. The Bertz CT molecular complexity index is 667. The van der Waals surface area contributed by atoms with E-state index < -0.39 is 0 Å². The summed E-state index contributed by atoms with van der Waals surface area (Å²) < 4.78 is 5.40. The Morgan fingerprint density at radius 3 is 2.65 bits per heavy atom. The maximum Gasteiger partial charge on any atom is 0.226 e. The van der Waals surface area contributed by atoms with Gasteiger partial charge in [0.1, 0.15) is 5.75 Å². The summed E-state index contributed by atoms with van der Waals surface area (Å²) in [6.45, 7) is 7.15. The molecular formula is C21H31N3O2. The Kier molecular flexibility index (Phi) is 4.70. The second kappa shape index (κ2) is 6.86. The number of hydrogen-bond acceptors (Lipinski definition) is 4. The van der Waals surface area contributed by atoms with Crippen LogP contribution in [0.25, 0.3) is 0 Å². The van der Waals surface area contributed by atoms with Crippen LogP contribution in [0.15, 0.2) is 24.3 Å². The lowest BCUT2D eigenvalue weighted by Crippen LogP contribution is -2.46. The molecule has 4 rings (SSSR count). The van der Waals surface area contributed by atoms with Crippen molar-refractivity contribution in [3.05, 3.63) is 29.8 Å². The highest BCUT2D eigenvalue weighted by atomic mass is 16.5. The molecule has 0 bridgehead atoms. The molecule has 3 fully saturated rings. The number of nitrogens with zero attached hydrogens (tertiary/aromatic N) is 1. The average molecular weight is 357 g/mol. The summed E-state index contributed by atoms with van der Waals surface area (Å²) in [4.78, 5) is 14.8. The van der Waals surface area contributed by atoms with Crippen LogP contribution in [-0.2, 0) is 4.79 Å². The molecule has 0 radical (unpaired) electrons. The van der Waals surface area contributed by atoms with Crippen LogP contribution in [0.4, 0.5) is 0 Å². The van der Waals surface area contributed by atoms with Crippen LogP contribution >= 0.6 is 0 Å². The van der Waals surface area contributed by atoms with Crippen LogP contribution in [0, 0.1) is 17.3 Å². The minimum atomic E-state index is 0.225. The van der Waals surface area contributed by atoms with Crippen LogP contribution in [0.1, 0.15) is 44.6 Å². The maximum absolute atomic E-state index is 12.6. The lowest BCUT2D eigenvalue weighted by Gasteiger charge is -2.37. The number of hydrogen-bond donors (Lipinski definition) is 2. The SMILES string of the molecule is COc1cccc(C2CNNC2C2CCN(C(=O)C3CC3(C)C)CC2)c1. The van der Waals surface area contributed by atoms with Gasteiger partial charge in [-0.15, -0.1) is 0 Å². The molecule has 2 saturated heterocycles. The zero-order valence-corrected chi connectivity index (χ0v) is 16.1. The lowest BCUT2D eigenvalue weighted by molar-refractivity contribution is -0.134. The molecule has 0 spiro atoms. The number of carbonyl (C=O) groups is 1. The Hall–Kier alpha value is -1.59. The topological polar surface area (TPSA) is 53.6 Å². The van der Waals surface area contributed by atoms with E-state index in [9.17, 15) is 4.79 Å². The largest absolute Gasteiger partial charge is 0.497 e. The fourth-order valence-corrected chi connectivity index (χ4v) is 4.75. The maximum atomic E-state index is 12.6. The molecule has 1 amide bonds. The number of hydrazine groups is 1. The summed E-state index contributed by atoms with van der Waals surface area (Å²) in [6, 6.07) is 8.83. The van der Waals surface area contributed by atoms with Crippen molar-refractivity contribution >= 4 is 5.91 Å². The molecule has 1 aliphatic carbocycles. The van der Waals surface area contributed by atoms with E-state index >= 15 is 0 Å². The molecule has 1 aromatic carbocycles. The van der Waals surface area contributed by atoms with Gasteiger partial charge in [-0.1, -0.05) is 26.0 Å². The van der Waals surface area contributed by atoms with Crippen LogP contribution < -0.4 is 15.6 Å². The summed E-state index contributed by atoms with van der Waals surface area (Å²) in [5.74, 6) is 2.60. The Morgan fingerprint density at radius 2 is 2.00 bits per heavy atom. The quantitative estimate of drug-likeness (QED) is 0.870. The van der Waals surface area contributed by atoms with Crippen LogP contribution in [0.5, 0.6) is 5.75 Å². The summed E-state index contributed by atoms with van der Waals surface area (Å²) in [5, 5.41) is 0. The standard InChI is InChI=1S/C21H31N3O2/c1-21(2)12-18(21)20(25)24-9-7-14(8-10-24)19-17(13-22-23-19)15-5-4-6-16(11-15)26-3/h4-6,11,14,17-19,22-23H,7-10,12-13H2,1-3H3. The molecule has 142 valence electrons. The summed E-state index contributed by atoms with van der Waals surface area (Å²) in [7, 11) is 1.72. The van der Waals surface area contributed by atoms with Crippen LogP contribution in [0.2, 0.25) is 0 Å². The van der Waals surface area contributed by atoms with Crippen molar-refractivity contribution in [2.75, 3.05) is 26.7 Å². The predicted octanol–water partition coefficient (Wildman–Crippen LogP) is 2.54. The Morgan fingerprint density at radius 1 is 1.27 bits per heavy atom. The van der Waals surface area contributed by atoms with Gasteiger partial charge in [-0.3, -0.25) is 15.6 Å². The Balaban J connectivity index is 1.38. The molecule has 3 unspecified atom stereocenters. The molecule has 5 heteroatoms.